The molecule has 0 saturated carbocycles. The molecule has 25 heavy (non-hydrogen) atoms. The number of carbonyl (C=O) groups is 2. The van der Waals surface area contributed by atoms with Crippen LogP contribution in [0.25, 0.3) is 6.08 Å². The summed E-state index contributed by atoms with van der Waals surface area (Å²) in [6.07, 6.45) is 1.53. The Morgan fingerprint density at radius 2 is 1.76 bits per heavy atom. The van der Waals surface area contributed by atoms with E-state index in [0.717, 1.165) is 10.5 Å². The van der Waals surface area contributed by atoms with Gasteiger partial charge in [-0.1, -0.05) is 53.5 Å². The highest BCUT2D eigenvalue weighted by Crippen LogP contribution is 2.34. The van der Waals surface area contributed by atoms with E-state index in [1.54, 1.807) is 12.1 Å². The number of carbonyl (C=O) groups excluding carboxylic acids is 2. The standard InChI is InChI=1S/C18H14Cl2N2O3/c1-25-16-13(19)7-12(8-14(16)20)9-15-17(23)22(18(24)21-15)10-11-5-3-2-4-6-11/h2-9H,10H2,1H3,(H,21,24)/b15-9+. The van der Waals surface area contributed by atoms with E-state index in [1.165, 1.54) is 13.2 Å². The summed E-state index contributed by atoms with van der Waals surface area (Å²) in [4.78, 5) is 25.8. The molecule has 128 valence electrons. The molecule has 1 heterocycles. The van der Waals surface area contributed by atoms with Crippen LogP contribution in [0.3, 0.4) is 0 Å². The van der Waals surface area contributed by atoms with Crippen LogP contribution in [0.4, 0.5) is 4.79 Å². The van der Waals surface area contributed by atoms with Crippen molar-refractivity contribution in [1.82, 2.24) is 10.2 Å². The van der Waals surface area contributed by atoms with Gasteiger partial charge in [-0.15, -0.1) is 0 Å². The Hall–Kier alpha value is -2.50. The fourth-order valence-corrected chi connectivity index (χ4v) is 3.16. The molecule has 0 atom stereocenters. The molecule has 3 rings (SSSR count). The average molecular weight is 377 g/mol. The van der Waals surface area contributed by atoms with E-state index in [2.05, 4.69) is 5.32 Å². The lowest BCUT2D eigenvalue weighted by Gasteiger charge is -2.11. The normalized spacial score (nSPS) is 15.6. The third kappa shape index (κ3) is 3.62. The predicted octanol–water partition coefficient (Wildman–Crippen LogP) is 4.09. The van der Waals surface area contributed by atoms with Crippen molar-refractivity contribution in [3.05, 3.63) is 69.3 Å². The zero-order chi connectivity index (χ0) is 18.0. The highest BCUT2D eigenvalue weighted by atomic mass is 35.5. The smallest absolute Gasteiger partial charge is 0.329 e. The molecule has 1 aliphatic rings. The second kappa shape index (κ2) is 7.17. The largest absolute Gasteiger partial charge is 0.494 e. The van der Waals surface area contributed by atoms with Gasteiger partial charge in [-0.25, -0.2) is 4.79 Å². The van der Waals surface area contributed by atoms with Crippen molar-refractivity contribution in [2.24, 2.45) is 0 Å². The van der Waals surface area contributed by atoms with Gasteiger partial charge in [0.1, 0.15) is 5.70 Å². The molecular weight excluding hydrogens is 363 g/mol. The summed E-state index contributed by atoms with van der Waals surface area (Å²) in [5.74, 6) is -0.0464. The number of hydrogen-bond donors (Lipinski definition) is 1. The van der Waals surface area contributed by atoms with Gasteiger partial charge in [0.2, 0.25) is 0 Å². The van der Waals surface area contributed by atoms with Crippen LogP contribution in [0.1, 0.15) is 11.1 Å². The maximum atomic E-state index is 12.5. The summed E-state index contributed by atoms with van der Waals surface area (Å²) in [7, 11) is 1.47. The number of imide groups is 1. The zero-order valence-electron chi connectivity index (χ0n) is 13.3. The summed E-state index contributed by atoms with van der Waals surface area (Å²) >= 11 is 12.2. The Morgan fingerprint density at radius 3 is 2.36 bits per heavy atom. The Bertz CT molecular complexity index is 843. The minimum Gasteiger partial charge on any atom is -0.494 e. The molecule has 3 amide bonds. The van der Waals surface area contributed by atoms with Crippen molar-refractivity contribution in [2.45, 2.75) is 6.54 Å². The molecule has 1 N–H and O–H groups in total. The number of rotatable bonds is 4. The van der Waals surface area contributed by atoms with Crippen molar-refractivity contribution in [2.75, 3.05) is 7.11 Å². The number of methoxy groups -OCH3 is 1. The monoisotopic (exact) mass is 376 g/mol. The van der Waals surface area contributed by atoms with Gasteiger partial charge in [-0.3, -0.25) is 9.69 Å². The van der Waals surface area contributed by atoms with E-state index in [0.29, 0.717) is 21.4 Å². The molecule has 2 aromatic rings. The lowest BCUT2D eigenvalue weighted by molar-refractivity contribution is -0.123. The van der Waals surface area contributed by atoms with Gasteiger partial charge >= 0.3 is 6.03 Å². The van der Waals surface area contributed by atoms with Gasteiger partial charge in [0.25, 0.3) is 5.91 Å². The van der Waals surface area contributed by atoms with Crippen LogP contribution in [0.15, 0.2) is 48.2 Å². The lowest BCUT2D eigenvalue weighted by Crippen LogP contribution is -2.30. The summed E-state index contributed by atoms with van der Waals surface area (Å²) < 4.78 is 5.09. The molecule has 7 heteroatoms. The Kier molecular flexibility index (Phi) is 4.97. The second-order valence-electron chi connectivity index (χ2n) is 5.38. The van der Waals surface area contributed by atoms with E-state index < -0.39 is 11.9 Å². The summed E-state index contributed by atoms with van der Waals surface area (Å²) in [5, 5.41) is 3.21. The first-order valence-corrected chi connectivity index (χ1v) is 8.16. The van der Waals surface area contributed by atoms with Gasteiger partial charge < -0.3 is 10.1 Å². The molecule has 0 bridgehead atoms. The maximum Gasteiger partial charge on any atom is 0.329 e. The van der Waals surface area contributed by atoms with Gasteiger partial charge in [0, 0.05) is 0 Å². The van der Waals surface area contributed by atoms with Crippen LogP contribution in [0.5, 0.6) is 5.75 Å². The first kappa shape index (κ1) is 17.3. The van der Waals surface area contributed by atoms with Crippen molar-refractivity contribution in [3.63, 3.8) is 0 Å². The summed E-state index contributed by atoms with van der Waals surface area (Å²) in [6, 6.07) is 12.0. The minimum atomic E-state index is -0.467. The predicted molar refractivity (Wildman–Crippen MR) is 96.5 cm³/mol. The number of halogens is 2. The SMILES string of the molecule is COc1c(Cl)cc(/C=C2/NC(=O)N(Cc3ccccc3)C2=O)cc1Cl. The Labute approximate surface area is 154 Å². The molecule has 1 aliphatic heterocycles. The van der Waals surface area contributed by atoms with Crippen molar-refractivity contribution in [1.29, 1.82) is 0 Å². The lowest BCUT2D eigenvalue weighted by atomic mass is 10.1. The number of nitrogens with one attached hydrogen (secondary N) is 1. The van der Waals surface area contributed by atoms with E-state index in [-0.39, 0.29) is 12.2 Å². The van der Waals surface area contributed by atoms with Crippen LogP contribution in [0.2, 0.25) is 10.0 Å². The Balaban J connectivity index is 1.85. The second-order valence-corrected chi connectivity index (χ2v) is 6.20. The molecule has 0 radical (unpaired) electrons. The number of hydrogen-bond acceptors (Lipinski definition) is 3. The van der Waals surface area contributed by atoms with Gasteiger partial charge in [-0.05, 0) is 29.3 Å². The molecule has 2 aromatic carbocycles. The van der Waals surface area contributed by atoms with Gasteiger partial charge in [0.05, 0.1) is 23.7 Å². The summed E-state index contributed by atoms with van der Waals surface area (Å²) in [6.45, 7) is 0.201. The number of nitrogens with zero attached hydrogens (tertiary/aromatic N) is 1. The topological polar surface area (TPSA) is 58.6 Å². The summed E-state index contributed by atoms with van der Waals surface area (Å²) in [5.41, 5.74) is 1.61. The molecule has 0 spiro atoms. The molecule has 1 fully saturated rings. The molecule has 1 saturated heterocycles. The fourth-order valence-electron chi connectivity index (χ4n) is 2.51. The van der Waals surface area contributed by atoms with Crippen LogP contribution >= 0.6 is 23.2 Å². The minimum absolute atomic E-state index is 0.165. The van der Waals surface area contributed by atoms with E-state index in [9.17, 15) is 9.59 Å². The first-order valence-electron chi connectivity index (χ1n) is 7.41. The fraction of sp³-hybridized carbons (Fsp3) is 0.111. The van der Waals surface area contributed by atoms with E-state index in [4.69, 9.17) is 27.9 Å². The van der Waals surface area contributed by atoms with Gasteiger partial charge in [-0.2, -0.15) is 0 Å². The molecule has 5 nitrogen and oxygen atoms in total. The third-order valence-electron chi connectivity index (χ3n) is 3.68. The van der Waals surface area contributed by atoms with Crippen LogP contribution in [-0.2, 0) is 11.3 Å². The van der Waals surface area contributed by atoms with Crippen molar-refractivity contribution in [3.8, 4) is 5.75 Å². The molecular formula is C18H14Cl2N2O3. The number of urea groups is 1. The first-order chi connectivity index (χ1) is 12.0. The molecule has 0 unspecified atom stereocenters. The van der Waals surface area contributed by atoms with Crippen molar-refractivity contribution >= 4 is 41.2 Å². The van der Waals surface area contributed by atoms with Crippen LogP contribution in [0, 0.1) is 0 Å². The highest BCUT2D eigenvalue weighted by Gasteiger charge is 2.33. The highest BCUT2D eigenvalue weighted by molar-refractivity contribution is 6.37. The zero-order valence-corrected chi connectivity index (χ0v) is 14.8. The maximum absolute atomic E-state index is 12.5. The van der Waals surface area contributed by atoms with E-state index >= 15 is 0 Å². The number of benzene rings is 2. The number of amides is 3. The molecule has 0 aliphatic carbocycles. The average Bonchev–Trinajstić information content (AvgIpc) is 2.83. The van der Waals surface area contributed by atoms with Gasteiger partial charge in [0.15, 0.2) is 5.75 Å². The van der Waals surface area contributed by atoms with Crippen LogP contribution < -0.4 is 10.1 Å². The quantitative estimate of drug-likeness (QED) is 0.645. The Morgan fingerprint density at radius 1 is 1.12 bits per heavy atom. The number of ether oxygens (including phenoxy) is 1. The third-order valence-corrected chi connectivity index (χ3v) is 4.24. The van der Waals surface area contributed by atoms with Crippen LogP contribution in [-0.4, -0.2) is 23.9 Å². The van der Waals surface area contributed by atoms with E-state index in [1.807, 2.05) is 30.3 Å². The van der Waals surface area contributed by atoms with Crippen molar-refractivity contribution < 1.29 is 14.3 Å². The molecule has 0 aromatic heterocycles.